The molecule has 0 fully saturated rings. The molecule has 0 amide bonds. The van der Waals surface area contributed by atoms with Crippen LogP contribution in [0.4, 0.5) is 0 Å². The number of Topliss-reactive ketones (excluding diaryl/α,β-unsaturated/α-hetero) is 1. The Morgan fingerprint density at radius 2 is 1.95 bits per heavy atom. The second-order valence-corrected chi connectivity index (χ2v) is 6.09. The van der Waals surface area contributed by atoms with Crippen LogP contribution in [0.1, 0.15) is 41.2 Å². The number of ketones is 1. The van der Waals surface area contributed by atoms with E-state index >= 15 is 0 Å². The first-order valence-corrected chi connectivity index (χ1v) is 7.63. The molecule has 1 atom stereocenters. The van der Waals surface area contributed by atoms with Crippen molar-refractivity contribution in [3.8, 4) is 0 Å². The molecule has 106 valence electrons. The topological polar surface area (TPSA) is 43.1 Å². The number of aryl methyl sites for hydroxylation is 3. The minimum atomic E-state index is -0.208. The van der Waals surface area contributed by atoms with Gasteiger partial charge in [0.2, 0.25) is 0 Å². The van der Waals surface area contributed by atoms with Gasteiger partial charge in [-0.2, -0.15) is 0 Å². The number of carbonyl (C=O) groups is 1. The van der Waals surface area contributed by atoms with Crippen molar-refractivity contribution < 1.29 is 9.21 Å². The minimum Gasteiger partial charge on any atom is -0.437 e. The molecule has 1 aromatic carbocycles. The second kappa shape index (κ2) is 6.27. The first kappa shape index (κ1) is 14.9. The molecule has 0 saturated carbocycles. The molecule has 3 nitrogen and oxygen atoms in total. The van der Waals surface area contributed by atoms with E-state index < -0.39 is 0 Å². The maximum absolute atomic E-state index is 12.4. The van der Waals surface area contributed by atoms with Crippen molar-refractivity contribution in [2.45, 2.75) is 44.6 Å². The number of aromatic nitrogens is 1. The van der Waals surface area contributed by atoms with Crippen LogP contribution < -0.4 is 0 Å². The van der Waals surface area contributed by atoms with Crippen molar-refractivity contribution >= 4 is 17.5 Å². The average molecular weight is 289 g/mol. The highest BCUT2D eigenvalue weighted by molar-refractivity contribution is 8.00. The summed E-state index contributed by atoms with van der Waals surface area (Å²) in [5.41, 5.74) is 2.85. The summed E-state index contributed by atoms with van der Waals surface area (Å²) in [6.45, 7) is 7.76. The third-order valence-corrected chi connectivity index (χ3v) is 4.25. The van der Waals surface area contributed by atoms with Gasteiger partial charge in [-0.3, -0.25) is 4.79 Å². The average Bonchev–Trinajstić information content (AvgIpc) is 2.76. The Bertz CT molecular complexity index is 582. The molecule has 1 aromatic heterocycles. The lowest BCUT2D eigenvalue weighted by atomic mass is 10.1. The van der Waals surface area contributed by atoms with Crippen molar-refractivity contribution in [3.05, 3.63) is 46.8 Å². The maximum atomic E-state index is 12.4. The monoisotopic (exact) mass is 289 g/mol. The molecule has 0 aliphatic heterocycles. The fourth-order valence-corrected chi connectivity index (χ4v) is 2.75. The molecular formula is C16H19NO2S. The molecule has 0 aliphatic carbocycles. The summed E-state index contributed by atoms with van der Waals surface area (Å²) >= 11 is 1.36. The second-order valence-electron chi connectivity index (χ2n) is 4.80. The van der Waals surface area contributed by atoms with E-state index in [1.807, 2.05) is 45.0 Å². The highest BCUT2D eigenvalue weighted by atomic mass is 32.2. The fourth-order valence-electron chi connectivity index (χ4n) is 1.84. The van der Waals surface area contributed by atoms with Gasteiger partial charge in [0.25, 0.3) is 5.22 Å². The molecule has 2 rings (SSSR count). The summed E-state index contributed by atoms with van der Waals surface area (Å²) in [7, 11) is 0. The molecule has 20 heavy (non-hydrogen) atoms. The number of nitrogens with zero attached hydrogens (tertiary/aromatic N) is 1. The standard InChI is InChI=1S/C16H19NO2S/c1-5-13-6-8-14(9-7-13)15(18)12(4)20-16-17-10(2)11(3)19-16/h6-9,12H,5H2,1-4H3. The highest BCUT2D eigenvalue weighted by Crippen LogP contribution is 2.26. The normalized spacial score (nSPS) is 12.4. The number of hydrogen-bond acceptors (Lipinski definition) is 4. The zero-order chi connectivity index (χ0) is 14.7. The first-order valence-electron chi connectivity index (χ1n) is 6.75. The Morgan fingerprint density at radius 1 is 1.30 bits per heavy atom. The van der Waals surface area contributed by atoms with Gasteiger partial charge >= 0.3 is 0 Å². The Morgan fingerprint density at radius 3 is 2.45 bits per heavy atom. The van der Waals surface area contributed by atoms with Gasteiger partial charge in [-0.05, 0) is 32.8 Å². The zero-order valence-corrected chi connectivity index (χ0v) is 13.1. The van der Waals surface area contributed by atoms with Crippen molar-refractivity contribution in [1.29, 1.82) is 0 Å². The third-order valence-electron chi connectivity index (χ3n) is 3.30. The zero-order valence-electron chi connectivity index (χ0n) is 12.3. The lowest BCUT2D eigenvalue weighted by molar-refractivity contribution is 0.0993. The largest absolute Gasteiger partial charge is 0.437 e. The predicted molar refractivity (Wildman–Crippen MR) is 81.4 cm³/mol. The van der Waals surface area contributed by atoms with Gasteiger partial charge in [0.15, 0.2) is 5.78 Å². The number of benzene rings is 1. The van der Waals surface area contributed by atoms with Gasteiger partial charge in [0.05, 0.1) is 10.9 Å². The molecule has 2 aromatic rings. The molecule has 0 saturated heterocycles. The van der Waals surface area contributed by atoms with E-state index in [-0.39, 0.29) is 11.0 Å². The van der Waals surface area contributed by atoms with Crippen LogP contribution in [-0.4, -0.2) is 16.0 Å². The van der Waals surface area contributed by atoms with Gasteiger partial charge in [-0.1, -0.05) is 43.0 Å². The van der Waals surface area contributed by atoms with Crippen LogP contribution in [0.2, 0.25) is 0 Å². The maximum Gasteiger partial charge on any atom is 0.256 e. The first-order chi connectivity index (χ1) is 9.51. The summed E-state index contributed by atoms with van der Waals surface area (Å²) < 4.78 is 5.51. The van der Waals surface area contributed by atoms with Crippen molar-refractivity contribution in [2.75, 3.05) is 0 Å². The Balaban J connectivity index is 2.07. The van der Waals surface area contributed by atoms with E-state index in [2.05, 4.69) is 11.9 Å². The molecule has 0 N–H and O–H groups in total. The lowest BCUT2D eigenvalue weighted by Crippen LogP contribution is -2.13. The van der Waals surface area contributed by atoms with E-state index in [0.717, 1.165) is 23.4 Å². The van der Waals surface area contributed by atoms with Gasteiger partial charge in [0, 0.05) is 5.56 Å². The molecule has 0 aliphatic rings. The molecule has 0 radical (unpaired) electrons. The summed E-state index contributed by atoms with van der Waals surface area (Å²) in [5, 5.41) is 0.353. The van der Waals surface area contributed by atoms with Crippen LogP contribution in [-0.2, 0) is 6.42 Å². The van der Waals surface area contributed by atoms with E-state index in [4.69, 9.17) is 4.42 Å². The molecule has 4 heteroatoms. The SMILES string of the molecule is CCc1ccc(C(=O)C(C)Sc2nc(C)c(C)o2)cc1. The number of thioether (sulfide) groups is 1. The number of carbonyl (C=O) groups excluding carboxylic acids is 1. The number of rotatable bonds is 5. The van der Waals surface area contributed by atoms with Gasteiger partial charge in [-0.15, -0.1) is 0 Å². The third kappa shape index (κ3) is 3.31. The van der Waals surface area contributed by atoms with Gasteiger partial charge < -0.3 is 4.42 Å². The van der Waals surface area contributed by atoms with Crippen LogP contribution in [0, 0.1) is 13.8 Å². The Hall–Kier alpha value is -1.55. The predicted octanol–water partition coefficient (Wildman–Crippen LogP) is 4.22. The van der Waals surface area contributed by atoms with E-state index in [1.165, 1.54) is 17.3 Å². The highest BCUT2D eigenvalue weighted by Gasteiger charge is 2.19. The van der Waals surface area contributed by atoms with Crippen LogP contribution in [0.15, 0.2) is 33.9 Å². The number of hydrogen-bond donors (Lipinski definition) is 0. The van der Waals surface area contributed by atoms with Gasteiger partial charge in [0.1, 0.15) is 5.76 Å². The molecular weight excluding hydrogens is 270 g/mol. The minimum absolute atomic E-state index is 0.103. The lowest BCUT2D eigenvalue weighted by Gasteiger charge is -2.08. The van der Waals surface area contributed by atoms with Crippen LogP contribution in [0.25, 0.3) is 0 Å². The van der Waals surface area contributed by atoms with Crippen LogP contribution >= 0.6 is 11.8 Å². The van der Waals surface area contributed by atoms with E-state index in [0.29, 0.717) is 5.22 Å². The summed E-state index contributed by atoms with van der Waals surface area (Å²) in [6, 6.07) is 7.79. The summed E-state index contributed by atoms with van der Waals surface area (Å²) in [4.78, 5) is 16.6. The smallest absolute Gasteiger partial charge is 0.256 e. The van der Waals surface area contributed by atoms with Crippen LogP contribution in [0.3, 0.4) is 0 Å². The fraction of sp³-hybridized carbons (Fsp3) is 0.375. The summed E-state index contributed by atoms with van der Waals surface area (Å²) in [6.07, 6.45) is 0.980. The van der Waals surface area contributed by atoms with Gasteiger partial charge in [-0.25, -0.2) is 4.98 Å². The van der Waals surface area contributed by atoms with E-state index in [9.17, 15) is 4.79 Å². The Kier molecular flexibility index (Phi) is 4.65. The molecule has 1 unspecified atom stereocenters. The molecule has 0 bridgehead atoms. The van der Waals surface area contributed by atoms with Crippen molar-refractivity contribution in [1.82, 2.24) is 4.98 Å². The van der Waals surface area contributed by atoms with Crippen molar-refractivity contribution in [3.63, 3.8) is 0 Å². The Labute approximate surface area is 123 Å². The quantitative estimate of drug-likeness (QED) is 0.610. The van der Waals surface area contributed by atoms with Crippen molar-refractivity contribution in [2.24, 2.45) is 0 Å². The summed E-state index contributed by atoms with van der Waals surface area (Å²) in [5.74, 6) is 0.908. The van der Waals surface area contributed by atoms with E-state index in [1.54, 1.807) is 0 Å². The molecule has 1 heterocycles. The molecule has 0 spiro atoms. The number of oxazole rings is 1. The van der Waals surface area contributed by atoms with Crippen LogP contribution in [0.5, 0.6) is 0 Å².